The van der Waals surface area contributed by atoms with Crippen LogP contribution in [0.3, 0.4) is 0 Å². The third-order valence-electron chi connectivity index (χ3n) is 3.79. The van der Waals surface area contributed by atoms with Crippen molar-refractivity contribution in [2.45, 2.75) is 30.2 Å². The average Bonchev–Trinajstić information content (AvgIpc) is 2.89. The summed E-state index contributed by atoms with van der Waals surface area (Å²) in [5.41, 5.74) is 0.773. The molecule has 1 aliphatic heterocycles. The highest BCUT2D eigenvalue weighted by molar-refractivity contribution is 7.89. The number of nitrogens with one attached hydrogen (secondary N) is 1. The molecule has 1 aromatic rings. The Hall–Kier alpha value is -1.98. The Bertz CT molecular complexity index is 878. The zero-order valence-corrected chi connectivity index (χ0v) is 15.1. The molecule has 1 unspecified atom stereocenters. The molecular formula is C14H19N3O6S2. The molecule has 0 aliphatic carbocycles. The van der Waals surface area contributed by atoms with Gasteiger partial charge < -0.3 is 5.32 Å². The van der Waals surface area contributed by atoms with Crippen LogP contribution in [0.1, 0.15) is 18.4 Å². The number of nitrogens with two attached hydrogens (primary N) is 1. The van der Waals surface area contributed by atoms with Gasteiger partial charge in [0.1, 0.15) is 6.04 Å². The van der Waals surface area contributed by atoms with Gasteiger partial charge in [0.05, 0.1) is 11.2 Å². The molecule has 1 aliphatic rings. The predicted molar refractivity (Wildman–Crippen MR) is 89.2 cm³/mol. The zero-order chi connectivity index (χ0) is 18.8. The molecule has 0 aromatic heterocycles. The highest BCUT2D eigenvalue weighted by Gasteiger charge is 2.41. The maximum absolute atomic E-state index is 12.2. The number of amides is 2. The van der Waals surface area contributed by atoms with E-state index in [1.54, 1.807) is 12.1 Å². The van der Waals surface area contributed by atoms with Crippen molar-refractivity contribution >= 4 is 31.9 Å². The second-order valence-electron chi connectivity index (χ2n) is 5.74. The van der Waals surface area contributed by atoms with E-state index in [1.807, 2.05) is 0 Å². The van der Waals surface area contributed by atoms with Crippen LogP contribution < -0.4 is 10.5 Å². The molecule has 1 heterocycles. The molecule has 25 heavy (non-hydrogen) atoms. The summed E-state index contributed by atoms with van der Waals surface area (Å²) in [7, 11) is -7.54. The third kappa shape index (κ3) is 4.77. The Balaban J connectivity index is 1.93. The summed E-state index contributed by atoms with van der Waals surface area (Å²) in [5, 5.41) is 7.61. The maximum Gasteiger partial charge on any atom is 0.244 e. The van der Waals surface area contributed by atoms with Gasteiger partial charge in [0.25, 0.3) is 0 Å². The fourth-order valence-electron chi connectivity index (χ4n) is 2.61. The Labute approximate surface area is 146 Å². The van der Waals surface area contributed by atoms with Crippen LogP contribution in [0.15, 0.2) is 29.2 Å². The number of nitrogens with zero attached hydrogens (tertiary/aromatic N) is 1. The van der Waals surface area contributed by atoms with Crippen molar-refractivity contribution in [2.24, 2.45) is 5.14 Å². The van der Waals surface area contributed by atoms with E-state index >= 15 is 0 Å². The summed E-state index contributed by atoms with van der Waals surface area (Å²) in [5.74, 6) is -1.11. The SMILES string of the molecule is CS(=O)(=O)N1C(=O)CCC1C(=O)NCCc1ccc(S(N)(=O)=O)cc1. The fourth-order valence-corrected chi connectivity index (χ4v) is 4.25. The summed E-state index contributed by atoms with van der Waals surface area (Å²) in [4.78, 5) is 23.8. The normalized spacial score (nSPS) is 18.4. The van der Waals surface area contributed by atoms with Crippen LogP contribution in [0, 0.1) is 0 Å². The largest absolute Gasteiger partial charge is 0.354 e. The molecule has 0 radical (unpaired) electrons. The summed E-state index contributed by atoms with van der Waals surface area (Å²) >= 11 is 0. The van der Waals surface area contributed by atoms with Crippen LogP contribution >= 0.6 is 0 Å². The van der Waals surface area contributed by atoms with Gasteiger partial charge in [-0.05, 0) is 30.5 Å². The number of carbonyl (C=O) groups is 2. The lowest BCUT2D eigenvalue weighted by molar-refractivity contribution is -0.130. The van der Waals surface area contributed by atoms with Crippen molar-refractivity contribution in [1.82, 2.24) is 9.62 Å². The van der Waals surface area contributed by atoms with Crippen LogP contribution in [0.25, 0.3) is 0 Å². The second kappa shape index (κ2) is 7.10. The van der Waals surface area contributed by atoms with Gasteiger partial charge in [0, 0.05) is 13.0 Å². The minimum atomic E-state index is -3.79. The van der Waals surface area contributed by atoms with E-state index in [9.17, 15) is 26.4 Å². The first-order valence-electron chi connectivity index (χ1n) is 7.42. The van der Waals surface area contributed by atoms with Crippen molar-refractivity contribution in [2.75, 3.05) is 12.8 Å². The maximum atomic E-state index is 12.2. The fraction of sp³-hybridized carbons (Fsp3) is 0.429. The van der Waals surface area contributed by atoms with Crippen LogP contribution in [0.2, 0.25) is 0 Å². The smallest absolute Gasteiger partial charge is 0.244 e. The minimum absolute atomic E-state index is 0.00597. The molecule has 0 bridgehead atoms. The molecule has 0 saturated carbocycles. The van der Waals surface area contributed by atoms with Crippen molar-refractivity contribution in [3.05, 3.63) is 29.8 Å². The van der Waals surface area contributed by atoms with E-state index in [-0.39, 0.29) is 24.3 Å². The van der Waals surface area contributed by atoms with Gasteiger partial charge in [-0.1, -0.05) is 12.1 Å². The van der Waals surface area contributed by atoms with E-state index in [2.05, 4.69) is 5.32 Å². The summed E-state index contributed by atoms with van der Waals surface area (Å²) in [6.07, 6.45) is 1.47. The first-order valence-corrected chi connectivity index (χ1v) is 10.8. The molecule has 1 fully saturated rings. The van der Waals surface area contributed by atoms with Crippen LogP contribution in [-0.4, -0.2) is 51.8 Å². The molecule has 2 amide bonds. The number of benzene rings is 1. The molecule has 138 valence electrons. The average molecular weight is 389 g/mol. The number of hydrogen-bond acceptors (Lipinski definition) is 6. The topological polar surface area (TPSA) is 144 Å². The van der Waals surface area contributed by atoms with Crippen LogP contribution in [-0.2, 0) is 36.1 Å². The molecule has 3 N–H and O–H groups in total. The first-order chi connectivity index (χ1) is 11.5. The van der Waals surface area contributed by atoms with E-state index < -0.39 is 37.9 Å². The molecule has 1 atom stereocenters. The van der Waals surface area contributed by atoms with Gasteiger partial charge in [-0.2, -0.15) is 0 Å². The quantitative estimate of drug-likeness (QED) is 0.635. The Morgan fingerprint density at radius 1 is 1.24 bits per heavy atom. The molecule has 9 nitrogen and oxygen atoms in total. The lowest BCUT2D eigenvalue weighted by Crippen LogP contribution is -2.47. The lowest BCUT2D eigenvalue weighted by atomic mass is 10.1. The van der Waals surface area contributed by atoms with Crippen molar-refractivity contribution < 1.29 is 26.4 Å². The van der Waals surface area contributed by atoms with E-state index in [4.69, 9.17) is 5.14 Å². The highest BCUT2D eigenvalue weighted by atomic mass is 32.2. The standard InChI is InChI=1S/C14H19N3O6S2/c1-24(20,21)17-12(6-7-13(17)18)14(19)16-9-8-10-2-4-11(5-3-10)25(15,22)23/h2-5,12H,6-9H2,1H3,(H,16,19)(H2,15,22,23). The molecule has 11 heteroatoms. The Morgan fingerprint density at radius 3 is 2.36 bits per heavy atom. The van der Waals surface area contributed by atoms with E-state index in [1.165, 1.54) is 12.1 Å². The zero-order valence-electron chi connectivity index (χ0n) is 13.5. The number of rotatable bonds is 6. The Morgan fingerprint density at radius 2 is 1.84 bits per heavy atom. The van der Waals surface area contributed by atoms with Crippen LogP contribution in [0.4, 0.5) is 0 Å². The molecular weight excluding hydrogens is 370 g/mol. The number of carbonyl (C=O) groups excluding carboxylic acids is 2. The highest BCUT2D eigenvalue weighted by Crippen LogP contribution is 2.21. The molecule has 2 rings (SSSR count). The molecule has 1 saturated heterocycles. The van der Waals surface area contributed by atoms with Crippen LogP contribution in [0.5, 0.6) is 0 Å². The van der Waals surface area contributed by atoms with Crippen molar-refractivity contribution in [3.8, 4) is 0 Å². The summed E-state index contributed by atoms with van der Waals surface area (Å²) in [6.45, 7) is 0.218. The predicted octanol–water partition coefficient (Wildman–Crippen LogP) is -1.06. The first kappa shape index (κ1) is 19.3. The number of hydrogen-bond donors (Lipinski definition) is 2. The number of primary sulfonamides is 1. The van der Waals surface area contributed by atoms with E-state index in [0.29, 0.717) is 10.7 Å². The van der Waals surface area contributed by atoms with Gasteiger partial charge in [-0.15, -0.1) is 0 Å². The third-order valence-corrected chi connectivity index (χ3v) is 5.89. The molecule has 0 spiro atoms. The van der Waals surface area contributed by atoms with Gasteiger partial charge >= 0.3 is 0 Å². The minimum Gasteiger partial charge on any atom is -0.354 e. The van der Waals surface area contributed by atoms with Gasteiger partial charge in [-0.25, -0.2) is 26.3 Å². The monoisotopic (exact) mass is 389 g/mol. The van der Waals surface area contributed by atoms with Gasteiger partial charge in [0.15, 0.2) is 0 Å². The second-order valence-corrected chi connectivity index (χ2v) is 9.16. The van der Waals surface area contributed by atoms with Crippen molar-refractivity contribution in [3.63, 3.8) is 0 Å². The van der Waals surface area contributed by atoms with E-state index in [0.717, 1.165) is 11.8 Å². The van der Waals surface area contributed by atoms with Crippen molar-refractivity contribution in [1.29, 1.82) is 0 Å². The Kier molecular flexibility index (Phi) is 5.49. The number of sulfonamides is 2. The van der Waals surface area contributed by atoms with Gasteiger partial charge in [-0.3, -0.25) is 9.59 Å². The lowest BCUT2D eigenvalue weighted by Gasteiger charge is -2.21. The summed E-state index contributed by atoms with van der Waals surface area (Å²) in [6, 6.07) is 4.87. The molecule has 1 aromatic carbocycles. The van der Waals surface area contributed by atoms with Gasteiger partial charge in [0.2, 0.25) is 31.9 Å². The summed E-state index contributed by atoms with van der Waals surface area (Å²) < 4.78 is 46.2.